The second-order valence-corrected chi connectivity index (χ2v) is 9.47. The number of rotatable bonds is 9. The van der Waals surface area contributed by atoms with Gasteiger partial charge in [-0.2, -0.15) is 10.2 Å². The fourth-order valence-electron chi connectivity index (χ4n) is 4.56. The lowest BCUT2D eigenvalue weighted by Crippen LogP contribution is -2.40. The summed E-state index contributed by atoms with van der Waals surface area (Å²) >= 11 is 0. The van der Waals surface area contributed by atoms with Crippen LogP contribution in [0.1, 0.15) is 67.5 Å². The molecule has 3 aromatic rings. The van der Waals surface area contributed by atoms with Gasteiger partial charge >= 0.3 is 0 Å². The molecular weight excluding hydrogens is 430 g/mol. The van der Waals surface area contributed by atoms with Gasteiger partial charge in [-0.1, -0.05) is 6.58 Å². The van der Waals surface area contributed by atoms with E-state index in [2.05, 4.69) is 38.1 Å². The van der Waals surface area contributed by atoms with Crippen LogP contribution in [0.3, 0.4) is 0 Å². The fraction of sp³-hybridized carbons (Fsp3) is 0.500. The fourth-order valence-corrected chi connectivity index (χ4v) is 4.56. The lowest BCUT2D eigenvalue weighted by atomic mass is 9.92. The maximum absolute atomic E-state index is 13.2. The molecule has 2 saturated carbocycles. The molecule has 1 amide bonds. The quantitative estimate of drug-likeness (QED) is 0.360. The number of carbonyl (C=O) groups excluding carboxylic acids is 1. The van der Waals surface area contributed by atoms with E-state index >= 15 is 0 Å². The molecule has 5 rings (SSSR count). The number of hydrazine groups is 1. The van der Waals surface area contributed by atoms with E-state index < -0.39 is 0 Å². The van der Waals surface area contributed by atoms with Crippen molar-refractivity contribution in [3.05, 3.63) is 42.5 Å². The molecular formula is C24H33N9O. The van der Waals surface area contributed by atoms with Crippen molar-refractivity contribution in [2.24, 2.45) is 5.92 Å². The van der Waals surface area contributed by atoms with E-state index in [0.717, 1.165) is 49.5 Å². The highest BCUT2D eigenvalue weighted by Crippen LogP contribution is 2.32. The van der Waals surface area contributed by atoms with Crippen molar-refractivity contribution in [2.75, 3.05) is 24.2 Å². The van der Waals surface area contributed by atoms with Gasteiger partial charge in [0.05, 0.1) is 17.9 Å². The predicted octanol–water partition coefficient (Wildman–Crippen LogP) is 3.24. The van der Waals surface area contributed by atoms with Crippen molar-refractivity contribution in [3.8, 4) is 0 Å². The number of fused-ring (bicyclic) bond motifs is 1. The van der Waals surface area contributed by atoms with E-state index in [1.54, 1.807) is 10.7 Å². The lowest BCUT2D eigenvalue weighted by molar-refractivity contribution is 0.102. The average molecular weight is 464 g/mol. The zero-order valence-corrected chi connectivity index (χ0v) is 19.8. The van der Waals surface area contributed by atoms with Crippen LogP contribution in [-0.2, 0) is 0 Å². The summed E-state index contributed by atoms with van der Waals surface area (Å²) in [7, 11) is 1.90. The zero-order chi connectivity index (χ0) is 23.7. The van der Waals surface area contributed by atoms with Gasteiger partial charge in [-0.05, 0) is 70.1 Å². The van der Waals surface area contributed by atoms with Gasteiger partial charge in [-0.3, -0.25) is 20.3 Å². The molecule has 2 aliphatic carbocycles. The molecule has 0 aromatic carbocycles. The Morgan fingerprint density at radius 1 is 1.21 bits per heavy atom. The van der Waals surface area contributed by atoms with Crippen molar-refractivity contribution in [1.82, 2.24) is 35.2 Å². The molecule has 2 aliphatic rings. The molecule has 3 heterocycles. The monoisotopic (exact) mass is 463 g/mol. The van der Waals surface area contributed by atoms with Crippen LogP contribution in [0.2, 0.25) is 0 Å². The van der Waals surface area contributed by atoms with E-state index in [1.165, 1.54) is 12.8 Å². The summed E-state index contributed by atoms with van der Waals surface area (Å²) in [6.07, 6.45) is 12.0. The van der Waals surface area contributed by atoms with Gasteiger partial charge in [0, 0.05) is 25.0 Å². The second kappa shape index (κ2) is 9.55. The Morgan fingerprint density at radius 2 is 2.00 bits per heavy atom. The topological polar surface area (TPSA) is 113 Å². The van der Waals surface area contributed by atoms with E-state index in [9.17, 15) is 4.79 Å². The van der Waals surface area contributed by atoms with Crippen molar-refractivity contribution in [3.63, 3.8) is 0 Å². The molecule has 10 nitrogen and oxygen atoms in total. The maximum atomic E-state index is 13.2. The number of nitrogens with one attached hydrogen (secondary N) is 4. The number of anilines is 2. The molecule has 2 fully saturated rings. The summed E-state index contributed by atoms with van der Waals surface area (Å²) < 4.78 is 3.61. The van der Waals surface area contributed by atoms with Gasteiger partial charge in [0.1, 0.15) is 17.1 Å². The molecule has 4 N–H and O–H groups in total. The highest BCUT2D eigenvalue weighted by Gasteiger charge is 2.25. The lowest BCUT2D eigenvalue weighted by Gasteiger charge is -2.29. The Kier molecular flexibility index (Phi) is 6.34. The highest BCUT2D eigenvalue weighted by molar-refractivity contribution is 6.09. The van der Waals surface area contributed by atoms with Crippen LogP contribution < -0.4 is 21.5 Å². The van der Waals surface area contributed by atoms with Crippen molar-refractivity contribution >= 4 is 28.6 Å². The molecule has 0 radical (unpaired) electrons. The van der Waals surface area contributed by atoms with Gasteiger partial charge in [-0.15, -0.1) is 0 Å². The summed E-state index contributed by atoms with van der Waals surface area (Å²) in [6, 6.07) is 2.66. The van der Waals surface area contributed by atoms with Crippen LogP contribution in [0, 0.1) is 5.92 Å². The molecule has 0 unspecified atom stereocenters. The minimum Gasteiger partial charge on any atom is -0.370 e. The molecule has 0 spiro atoms. The third-order valence-corrected chi connectivity index (χ3v) is 6.69. The van der Waals surface area contributed by atoms with Crippen LogP contribution in [0.15, 0.2) is 31.2 Å². The molecule has 10 heteroatoms. The minimum absolute atomic E-state index is 0.258. The minimum atomic E-state index is -0.258. The van der Waals surface area contributed by atoms with E-state index in [-0.39, 0.29) is 5.91 Å². The largest absolute Gasteiger partial charge is 0.370 e. The Bertz CT molecular complexity index is 1180. The molecule has 0 saturated heterocycles. The number of amides is 1. The maximum Gasteiger partial charge on any atom is 0.261 e. The summed E-state index contributed by atoms with van der Waals surface area (Å²) in [5.74, 6) is 1.23. The summed E-state index contributed by atoms with van der Waals surface area (Å²) in [5, 5.41) is 15.5. The van der Waals surface area contributed by atoms with Gasteiger partial charge in [0.2, 0.25) is 0 Å². The third kappa shape index (κ3) is 4.83. The molecule has 0 bridgehead atoms. The molecule has 34 heavy (non-hydrogen) atoms. The number of aromatic nitrogens is 5. The molecule has 0 atom stereocenters. The van der Waals surface area contributed by atoms with Gasteiger partial charge in [-0.25, -0.2) is 9.50 Å². The Hall–Kier alpha value is -3.24. The van der Waals surface area contributed by atoms with Crippen molar-refractivity contribution < 1.29 is 4.79 Å². The zero-order valence-electron chi connectivity index (χ0n) is 19.8. The third-order valence-electron chi connectivity index (χ3n) is 6.69. The Labute approximate surface area is 199 Å². The highest BCUT2D eigenvalue weighted by atomic mass is 16.1. The Balaban J connectivity index is 1.33. The number of nitrogens with zero attached hydrogens (tertiary/aromatic N) is 5. The van der Waals surface area contributed by atoms with Gasteiger partial charge in [0.15, 0.2) is 5.65 Å². The number of hydrogen-bond acceptors (Lipinski definition) is 7. The molecule has 0 aliphatic heterocycles. The van der Waals surface area contributed by atoms with Crippen LogP contribution >= 0.6 is 0 Å². The first-order chi connectivity index (χ1) is 16.5. The van der Waals surface area contributed by atoms with Crippen LogP contribution in [0.5, 0.6) is 0 Å². The summed E-state index contributed by atoms with van der Waals surface area (Å²) in [4.78, 5) is 17.9. The van der Waals surface area contributed by atoms with E-state index in [1.807, 2.05) is 37.1 Å². The van der Waals surface area contributed by atoms with Gasteiger partial charge < -0.3 is 10.6 Å². The van der Waals surface area contributed by atoms with Crippen molar-refractivity contribution in [1.29, 1.82) is 0 Å². The van der Waals surface area contributed by atoms with E-state index in [0.29, 0.717) is 34.7 Å². The summed E-state index contributed by atoms with van der Waals surface area (Å²) in [6.45, 7) is 6.89. The molecule has 3 aromatic heterocycles. The summed E-state index contributed by atoms with van der Waals surface area (Å²) in [5.41, 5.74) is 9.47. The SMILES string of the molecule is C=C(C)c1nn([C@H]2CC[C@H](NNC)CC2)cc1NC(=O)c1cnn2ccc(NCC3CC3)nc12. The number of carbonyl (C=O) groups is 1. The standard InChI is InChI=1S/C24H33N9O/c1-15(2)22-20(14-33(31-22)18-8-6-17(7-9-18)30-25-3)28-24(34)19-13-27-32-11-10-21(29-23(19)32)26-12-16-4-5-16/h10-11,13-14,16-18,25,30H,1,4-9,12H2,2-3H3,(H,26,29)(H,28,34)/t17-,18-. The van der Waals surface area contributed by atoms with Crippen LogP contribution in [-0.4, -0.2) is 49.9 Å². The Morgan fingerprint density at radius 3 is 2.71 bits per heavy atom. The first-order valence-corrected chi connectivity index (χ1v) is 12.1. The van der Waals surface area contributed by atoms with Crippen LogP contribution in [0.4, 0.5) is 11.5 Å². The van der Waals surface area contributed by atoms with Crippen LogP contribution in [0.25, 0.3) is 11.2 Å². The smallest absolute Gasteiger partial charge is 0.261 e. The second-order valence-electron chi connectivity index (χ2n) is 9.47. The van der Waals surface area contributed by atoms with Crippen molar-refractivity contribution in [2.45, 2.75) is 57.5 Å². The first-order valence-electron chi connectivity index (χ1n) is 12.1. The number of allylic oxidation sites excluding steroid dienone is 1. The molecule has 180 valence electrons. The average Bonchev–Trinajstić information content (AvgIpc) is 3.41. The first kappa shape index (κ1) is 22.5. The predicted molar refractivity (Wildman–Crippen MR) is 133 cm³/mol. The normalized spacial score (nSPS) is 20.4. The van der Waals surface area contributed by atoms with Gasteiger partial charge in [0.25, 0.3) is 5.91 Å². The van der Waals surface area contributed by atoms with E-state index in [4.69, 9.17) is 5.10 Å². The number of hydrogen-bond donors (Lipinski definition) is 4.